The van der Waals surface area contributed by atoms with Gasteiger partial charge in [-0.05, 0) is 54.5 Å². The number of nitrogens with one attached hydrogen (secondary N) is 1. The molecule has 126 valence electrons. The average Bonchev–Trinajstić information content (AvgIpc) is 3.05. The number of allylic oxidation sites excluding steroid dienone is 2. The summed E-state index contributed by atoms with van der Waals surface area (Å²) in [4.78, 5) is 0. The van der Waals surface area contributed by atoms with Crippen molar-refractivity contribution >= 4 is 29.3 Å². The predicted octanol–water partition coefficient (Wildman–Crippen LogP) is 4.15. The van der Waals surface area contributed by atoms with Gasteiger partial charge in [-0.2, -0.15) is 0 Å². The maximum absolute atomic E-state index is 7.60. The molecule has 2 aromatic carbocycles. The average molecular weight is 328 g/mol. The van der Waals surface area contributed by atoms with Gasteiger partial charge < -0.3 is 9.98 Å². The maximum atomic E-state index is 7.60. The Morgan fingerprint density at radius 3 is 2.64 bits per heavy atom. The Labute approximate surface area is 148 Å². The van der Waals surface area contributed by atoms with E-state index in [4.69, 9.17) is 5.41 Å². The van der Waals surface area contributed by atoms with Crippen LogP contribution in [0.25, 0.3) is 23.1 Å². The van der Waals surface area contributed by atoms with Crippen LogP contribution in [0.2, 0.25) is 0 Å². The van der Waals surface area contributed by atoms with Crippen LogP contribution in [-0.2, 0) is 6.54 Å². The molecule has 2 heteroatoms. The molecule has 0 spiro atoms. The van der Waals surface area contributed by atoms with Gasteiger partial charge >= 0.3 is 0 Å². The molecule has 0 saturated carbocycles. The van der Waals surface area contributed by atoms with Crippen molar-refractivity contribution in [2.75, 3.05) is 0 Å². The van der Waals surface area contributed by atoms with Crippen molar-refractivity contribution in [1.82, 2.24) is 4.57 Å². The molecule has 0 aliphatic carbocycles. The molecule has 1 N–H and O–H groups in total. The molecule has 0 unspecified atom stereocenters. The zero-order valence-corrected chi connectivity index (χ0v) is 15.1. The lowest BCUT2D eigenvalue weighted by Crippen LogP contribution is -2.30. The highest BCUT2D eigenvalue weighted by Crippen LogP contribution is 2.20. The Balaban J connectivity index is 2.18. The first-order chi connectivity index (χ1) is 12.2. The molecule has 1 aromatic heterocycles. The molecule has 3 aromatic rings. The highest BCUT2D eigenvalue weighted by molar-refractivity contribution is 5.97. The molecule has 0 atom stereocenters. The topological polar surface area (TPSA) is 28.8 Å². The van der Waals surface area contributed by atoms with Gasteiger partial charge in [-0.25, -0.2) is 0 Å². The van der Waals surface area contributed by atoms with E-state index in [0.717, 1.165) is 17.5 Å². The quantitative estimate of drug-likeness (QED) is 0.697. The number of aromatic nitrogens is 1. The number of fused-ring (bicyclic) bond motifs is 1. The second-order valence-electron chi connectivity index (χ2n) is 6.21. The standard InChI is InChI=1S/C23H24N2/c1-4-6-8-18-12-11-17(3)22(20(18)5-2)16-25-14-13-21-19(15-24)9-7-10-23(21)25/h4-15,24H,16H2,1-3H3/b6-4-,18-8-,20-5+,24-15?. The van der Waals surface area contributed by atoms with E-state index < -0.39 is 0 Å². The van der Waals surface area contributed by atoms with Gasteiger partial charge in [0.05, 0.1) is 0 Å². The third-order valence-electron chi connectivity index (χ3n) is 4.71. The summed E-state index contributed by atoms with van der Waals surface area (Å²) < 4.78 is 2.27. The highest BCUT2D eigenvalue weighted by Gasteiger charge is 2.07. The van der Waals surface area contributed by atoms with Crippen molar-refractivity contribution in [3.63, 3.8) is 0 Å². The van der Waals surface area contributed by atoms with Crippen LogP contribution in [0.15, 0.2) is 54.7 Å². The molecule has 0 bridgehead atoms. The van der Waals surface area contributed by atoms with E-state index >= 15 is 0 Å². The van der Waals surface area contributed by atoms with Crippen molar-refractivity contribution in [3.8, 4) is 0 Å². The summed E-state index contributed by atoms with van der Waals surface area (Å²) in [6.07, 6.45) is 12.1. The lowest BCUT2D eigenvalue weighted by atomic mass is 10.0. The van der Waals surface area contributed by atoms with E-state index in [0.29, 0.717) is 0 Å². The SMILES string of the molecule is C\C=C/C=c1/ccc(C)c(Cn2ccc3c(C=N)cccc32)/c1=C/C. The molecule has 0 amide bonds. The van der Waals surface area contributed by atoms with Crippen LogP contribution in [0.4, 0.5) is 0 Å². The van der Waals surface area contributed by atoms with E-state index in [9.17, 15) is 0 Å². The van der Waals surface area contributed by atoms with Gasteiger partial charge in [-0.1, -0.05) is 48.6 Å². The van der Waals surface area contributed by atoms with Gasteiger partial charge in [0, 0.05) is 35.4 Å². The number of rotatable bonds is 4. The Hall–Kier alpha value is -2.87. The smallest absolute Gasteiger partial charge is 0.0490 e. The van der Waals surface area contributed by atoms with Crippen LogP contribution in [0, 0.1) is 12.3 Å². The molecular formula is C23H24N2. The van der Waals surface area contributed by atoms with E-state index in [1.807, 2.05) is 19.1 Å². The number of hydrogen-bond acceptors (Lipinski definition) is 1. The minimum absolute atomic E-state index is 0.827. The van der Waals surface area contributed by atoms with Crippen LogP contribution in [0.5, 0.6) is 0 Å². The van der Waals surface area contributed by atoms with Crippen molar-refractivity contribution in [2.24, 2.45) is 0 Å². The molecule has 3 rings (SSSR count). The lowest BCUT2D eigenvalue weighted by Gasteiger charge is -2.11. The number of nitrogens with zero attached hydrogens (tertiary/aromatic N) is 1. The lowest BCUT2D eigenvalue weighted by molar-refractivity contribution is 0.823. The maximum Gasteiger partial charge on any atom is 0.0490 e. The van der Waals surface area contributed by atoms with Crippen LogP contribution in [0.1, 0.15) is 30.5 Å². The fourth-order valence-corrected chi connectivity index (χ4v) is 3.37. The second-order valence-corrected chi connectivity index (χ2v) is 6.21. The first kappa shape index (κ1) is 17.0. The molecule has 0 saturated heterocycles. The molecule has 2 nitrogen and oxygen atoms in total. The molecule has 0 aliphatic rings. The van der Waals surface area contributed by atoms with E-state index in [1.165, 1.54) is 33.3 Å². The molecule has 0 radical (unpaired) electrons. The molecule has 1 heterocycles. The largest absolute Gasteiger partial charge is 0.343 e. The third-order valence-corrected chi connectivity index (χ3v) is 4.71. The zero-order valence-electron chi connectivity index (χ0n) is 15.1. The fourth-order valence-electron chi connectivity index (χ4n) is 3.37. The zero-order chi connectivity index (χ0) is 17.8. The first-order valence-electron chi connectivity index (χ1n) is 8.65. The van der Waals surface area contributed by atoms with Gasteiger partial charge in [0.15, 0.2) is 0 Å². The van der Waals surface area contributed by atoms with Gasteiger partial charge in [0.1, 0.15) is 0 Å². The van der Waals surface area contributed by atoms with Gasteiger partial charge in [0.25, 0.3) is 0 Å². The summed E-state index contributed by atoms with van der Waals surface area (Å²) in [5.41, 5.74) is 4.78. The molecule has 0 fully saturated rings. The molecule has 25 heavy (non-hydrogen) atoms. The summed E-state index contributed by atoms with van der Waals surface area (Å²) in [6.45, 7) is 7.14. The van der Waals surface area contributed by atoms with E-state index in [-0.39, 0.29) is 0 Å². The monoisotopic (exact) mass is 328 g/mol. The Morgan fingerprint density at radius 2 is 1.92 bits per heavy atom. The van der Waals surface area contributed by atoms with Crippen LogP contribution < -0.4 is 10.4 Å². The number of benzene rings is 2. The Bertz CT molecular complexity index is 1070. The summed E-state index contributed by atoms with van der Waals surface area (Å²) in [5.74, 6) is 0. The highest BCUT2D eigenvalue weighted by atomic mass is 14.9. The minimum Gasteiger partial charge on any atom is -0.343 e. The molecule has 0 aliphatic heterocycles. The second kappa shape index (κ2) is 7.35. The third kappa shape index (κ3) is 3.20. The van der Waals surface area contributed by atoms with Crippen molar-refractivity contribution in [3.05, 3.63) is 81.9 Å². The molecular weight excluding hydrogens is 304 g/mol. The number of aryl methyl sites for hydroxylation is 1. The van der Waals surface area contributed by atoms with Crippen molar-refractivity contribution in [2.45, 2.75) is 27.3 Å². The van der Waals surface area contributed by atoms with Crippen molar-refractivity contribution < 1.29 is 0 Å². The summed E-state index contributed by atoms with van der Waals surface area (Å²) in [7, 11) is 0. The first-order valence-corrected chi connectivity index (χ1v) is 8.65. The van der Waals surface area contributed by atoms with Gasteiger partial charge in [-0.3, -0.25) is 0 Å². The van der Waals surface area contributed by atoms with E-state index in [2.05, 4.69) is 73.2 Å². The Kier molecular flexibility index (Phi) is 4.99. The summed E-state index contributed by atoms with van der Waals surface area (Å²) in [5, 5.41) is 11.3. The van der Waals surface area contributed by atoms with Gasteiger partial charge in [-0.15, -0.1) is 0 Å². The van der Waals surface area contributed by atoms with Crippen LogP contribution >= 0.6 is 0 Å². The summed E-state index contributed by atoms with van der Waals surface area (Å²) in [6, 6.07) is 12.6. The van der Waals surface area contributed by atoms with Gasteiger partial charge in [0.2, 0.25) is 0 Å². The summed E-state index contributed by atoms with van der Waals surface area (Å²) >= 11 is 0. The predicted molar refractivity (Wildman–Crippen MR) is 109 cm³/mol. The van der Waals surface area contributed by atoms with Crippen LogP contribution in [-0.4, -0.2) is 10.8 Å². The minimum atomic E-state index is 0.827. The normalized spacial score (nSPS) is 13.2. The Morgan fingerprint density at radius 1 is 1.08 bits per heavy atom. The number of hydrogen-bond donors (Lipinski definition) is 1. The van der Waals surface area contributed by atoms with Crippen LogP contribution in [0.3, 0.4) is 0 Å². The van der Waals surface area contributed by atoms with Crippen molar-refractivity contribution in [1.29, 1.82) is 5.41 Å². The van der Waals surface area contributed by atoms with E-state index in [1.54, 1.807) is 0 Å². The fraction of sp³-hybridized carbons (Fsp3) is 0.174.